The first kappa shape index (κ1) is 16.2. The summed E-state index contributed by atoms with van der Waals surface area (Å²) in [7, 11) is 0. The van der Waals surface area contributed by atoms with Gasteiger partial charge in [0, 0.05) is 18.6 Å². The molecule has 3 aromatic rings. The van der Waals surface area contributed by atoms with Crippen molar-refractivity contribution in [3.05, 3.63) is 46.7 Å². The summed E-state index contributed by atoms with van der Waals surface area (Å²) in [5, 5.41) is 3.19. The van der Waals surface area contributed by atoms with Gasteiger partial charge in [-0.1, -0.05) is 17.7 Å². The van der Waals surface area contributed by atoms with E-state index in [2.05, 4.69) is 15.3 Å². The van der Waals surface area contributed by atoms with Gasteiger partial charge in [0.25, 0.3) is 0 Å². The van der Waals surface area contributed by atoms with Crippen molar-refractivity contribution in [1.29, 1.82) is 0 Å². The average Bonchev–Trinajstić information content (AvgIpc) is 2.81. The highest BCUT2D eigenvalue weighted by Crippen LogP contribution is 2.40. The fraction of sp³-hybridized carbons (Fsp3) is 0.222. The summed E-state index contributed by atoms with van der Waals surface area (Å²) in [6, 6.07) is 8.14. The van der Waals surface area contributed by atoms with Crippen LogP contribution in [0, 0.1) is 5.82 Å². The van der Waals surface area contributed by atoms with Crippen LogP contribution in [0.25, 0.3) is 11.0 Å². The molecule has 2 aliphatic rings. The van der Waals surface area contributed by atoms with E-state index in [1.54, 1.807) is 22.8 Å². The topological polar surface area (TPSA) is 86.7 Å². The quantitative estimate of drug-likeness (QED) is 0.669. The second-order valence-electron chi connectivity index (χ2n) is 6.29. The molecule has 0 aliphatic carbocycles. The maximum Gasteiger partial charge on any atom is 0.212 e. The number of nitrogens with zero attached hydrogens (tertiary/aromatic N) is 3. The third-order valence-corrected chi connectivity index (χ3v) is 4.89. The highest BCUT2D eigenvalue weighted by atomic mass is 35.5. The number of ether oxygens (including phenoxy) is 2. The number of hydrogen-bond donors (Lipinski definition) is 2. The summed E-state index contributed by atoms with van der Waals surface area (Å²) in [6.45, 7) is 1.14. The van der Waals surface area contributed by atoms with E-state index in [0.717, 1.165) is 6.42 Å². The van der Waals surface area contributed by atoms with Gasteiger partial charge in [0.2, 0.25) is 5.95 Å². The Bertz CT molecular complexity index is 1080. The normalized spacial score (nSPS) is 18.4. The van der Waals surface area contributed by atoms with Crippen LogP contribution in [-0.4, -0.2) is 28.7 Å². The molecule has 0 bridgehead atoms. The van der Waals surface area contributed by atoms with E-state index in [0.29, 0.717) is 41.7 Å². The predicted octanol–water partition coefficient (Wildman–Crippen LogP) is 3.28. The van der Waals surface area contributed by atoms with Crippen LogP contribution in [0.4, 0.5) is 10.3 Å². The number of aliphatic imine (C=N–C) groups is 1. The molecule has 0 amide bonds. The average molecular weight is 388 g/mol. The fourth-order valence-electron chi connectivity index (χ4n) is 3.37. The molecule has 1 aromatic heterocycles. The minimum atomic E-state index is -0.787. The fourth-order valence-corrected chi connectivity index (χ4v) is 3.64. The number of rotatable bonds is 1. The number of nitrogens with two attached hydrogens (primary N) is 1. The van der Waals surface area contributed by atoms with Gasteiger partial charge in [0.15, 0.2) is 23.6 Å². The van der Waals surface area contributed by atoms with Gasteiger partial charge in [-0.05, 0) is 12.1 Å². The van der Waals surface area contributed by atoms with E-state index in [1.807, 2.05) is 6.07 Å². The highest BCUT2D eigenvalue weighted by Gasteiger charge is 2.30. The summed E-state index contributed by atoms with van der Waals surface area (Å²) in [5.74, 6) is 1.36. The largest absolute Gasteiger partial charge is 0.489 e. The van der Waals surface area contributed by atoms with Gasteiger partial charge in [-0.2, -0.15) is 0 Å². The Morgan fingerprint density at radius 2 is 2.00 bits per heavy atom. The Balaban J connectivity index is 1.75. The van der Waals surface area contributed by atoms with Gasteiger partial charge in [0.05, 0.1) is 34.8 Å². The molecule has 0 saturated carbocycles. The number of anilines is 1. The van der Waals surface area contributed by atoms with Crippen LogP contribution in [0.3, 0.4) is 0 Å². The molecule has 2 aliphatic heterocycles. The lowest BCUT2D eigenvalue weighted by Crippen LogP contribution is -2.31. The molecular formula is C18H15ClFN5O2. The molecule has 0 radical (unpaired) electrons. The zero-order valence-corrected chi connectivity index (χ0v) is 14.8. The standard InChI is InChI=1S/C18H15ClFN5O2/c19-9-3-1-4-10(20)15(9)16-23-17(21)24-18-22-11-7-13-14(8-12(11)25(16)18)27-6-2-5-26-13/h1,3-4,7-8,16H,2,5-6H2,(H3,21,22,23,24). The zero-order chi connectivity index (χ0) is 18.5. The van der Waals surface area contributed by atoms with Crippen molar-refractivity contribution in [2.24, 2.45) is 10.7 Å². The summed E-state index contributed by atoms with van der Waals surface area (Å²) >= 11 is 6.28. The minimum Gasteiger partial charge on any atom is -0.489 e. The van der Waals surface area contributed by atoms with E-state index in [4.69, 9.17) is 26.8 Å². The van der Waals surface area contributed by atoms with E-state index >= 15 is 0 Å². The second kappa shape index (κ2) is 6.02. The first-order valence-electron chi connectivity index (χ1n) is 8.47. The highest BCUT2D eigenvalue weighted by molar-refractivity contribution is 6.31. The van der Waals surface area contributed by atoms with Crippen LogP contribution in [0.1, 0.15) is 18.2 Å². The van der Waals surface area contributed by atoms with E-state index in [-0.39, 0.29) is 16.5 Å². The minimum absolute atomic E-state index is 0.135. The van der Waals surface area contributed by atoms with Crippen molar-refractivity contribution in [3.63, 3.8) is 0 Å². The Labute approximate surface area is 158 Å². The molecule has 0 spiro atoms. The second-order valence-corrected chi connectivity index (χ2v) is 6.70. The van der Waals surface area contributed by atoms with Crippen LogP contribution >= 0.6 is 11.6 Å². The van der Waals surface area contributed by atoms with Crippen LogP contribution in [0.5, 0.6) is 11.5 Å². The number of aromatic nitrogens is 2. The third kappa shape index (κ3) is 2.56. The van der Waals surface area contributed by atoms with Gasteiger partial charge in [0.1, 0.15) is 5.82 Å². The molecule has 27 heavy (non-hydrogen) atoms. The Hall–Kier alpha value is -3.00. The number of nitrogens with one attached hydrogen (secondary N) is 1. The molecular weight excluding hydrogens is 373 g/mol. The smallest absolute Gasteiger partial charge is 0.212 e. The van der Waals surface area contributed by atoms with Gasteiger partial charge < -0.3 is 15.2 Å². The van der Waals surface area contributed by atoms with Gasteiger partial charge in [-0.15, -0.1) is 0 Å². The van der Waals surface area contributed by atoms with Crippen molar-refractivity contribution in [3.8, 4) is 11.5 Å². The van der Waals surface area contributed by atoms with E-state index in [9.17, 15) is 4.39 Å². The van der Waals surface area contributed by atoms with Crippen molar-refractivity contribution < 1.29 is 13.9 Å². The molecule has 0 fully saturated rings. The molecule has 1 unspecified atom stereocenters. The predicted molar refractivity (Wildman–Crippen MR) is 100 cm³/mol. The number of benzene rings is 2. The van der Waals surface area contributed by atoms with Gasteiger partial charge in [-0.25, -0.2) is 14.4 Å². The lowest BCUT2D eigenvalue weighted by atomic mass is 10.1. The Kier molecular flexibility index (Phi) is 3.61. The number of imidazole rings is 1. The number of guanidine groups is 1. The molecule has 138 valence electrons. The lowest BCUT2D eigenvalue weighted by Gasteiger charge is -2.24. The molecule has 0 saturated heterocycles. The number of hydrogen-bond acceptors (Lipinski definition) is 6. The van der Waals surface area contributed by atoms with E-state index < -0.39 is 12.0 Å². The van der Waals surface area contributed by atoms with Crippen LogP contribution in [0.2, 0.25) is 5.02 Å². The lowest BCUT2D eigenvalue weighted by molar-refractivity contribution is 0.297. The summed E-state index contributed by atoms with van der Waals surface area (Å²) in [6.07, 6.45) is 0.0117. The van der Waals surface area contributed by atoms with Crippen LogP contribution < -0.4 is 20.5 Å². The molecule has 5 rings (SSSR count). The van der Waals surface area contributed by atoms with Crippen molar-refractivity contribution in [2.45, 2.75) is 12.6 Å². The van der Waals surface area contributed by atoms with Crippen molar-refractivity contribution in [1.82, 2.24) is 9.55 Å². The van der Waals surface area contributed by atoms with Gasteiger partial charge >= 0.3 is 0 Å². The SMILES string of the molecule is NC1=NC(c2c(F)cccc2Cl)n2c(nc3cc4c(cc32)OCCCO4)N1. The first-order chi connectivity index (χ1) is 13.1. The van der Waals surface area contributed by atoms with Crippen LogP contribution in [0.15, 0.2) is 35.3 Å². The molecule has 1 atom stereocenters. The van der Waals surface area contributed by atoms with Crippen molar-refractivity contribution >= 4 is 34.5 Å². The molecule has 2 aromatic carbocycles. The summed E-state index contributed by atoms with van der Waals surface area (Å²) < 4.78 is 27.9. The van der Waals surface area contributed by atoms with Crippen LogP contribution in [-0.2, 0) is 0 Å². The first-order valence-corrected chi connectivity index (χ1v) is 8.85. The van der Waals surface area contributed by atoms with E-state index in [1.165, 1.54) is 6.07 Å². The number of halogens is 2. The third-order valence-electron chi connectivity index (χ3n) is 4.56. The molecule has 3 N–H and O–H groups in total. The maximum atomic E-state index is 14.6. The van der Waals surface area contributed by atoms with Gasteiger partial charge in [-0.3, -0.25) is 9.88 Å². The molecule has 9 heteroatoms. The summed E-state index contributed by atoms with van der Waals surface area (Å²) in [4.78, 5) is 8.95. The summed E-state index contributed by atoms with van der Waals surface area (Å²) in [5.41, 5.74) is 7.51. The Morgan fingerprint density at radius 3 is 2.78 bits per heavy atom. The maximum absolute atomic E-state index is 14.6. The molecule has 7 nitrogen and oxygen atoms in total. The number of fused-ring (bicyclic) bond motifs is 4. The Morgan fingerprint density at radius 1 is 1.22 bits per heavy atom. The molecule has 3 heterocycles. The van der Waals surface area contributed by atoms with Crippen molar-refractivity contribution in [2.75, 3.05) is 18.5 Å². The monoisotopic (exact) mass is 387 g/mol. The zero-order valence-electron chi connectivity index (χ0n) is 14.1.